The molecule has 5 nitrogen and oxygen atoms in total. The largest absolute Gasteiger partial charge is 0.394 e. The quantitative estimate of drug-likeness (QED) is 0.853. The molecule has 104 valence electrons. The Kier molecular flexibility index (Phi) is 4.39. The average Bonchev–Trinajstić information content (AvgIpc) is 2.38. The normalized spacial score (nSPS) is 23.2. The summed E-state index contributed by atoms with van der Waals surface area (Å²) < 4.78 is 5.51. The van der Waals surface area contributed by atoms with Crippen molar-refractivity contribution >= 4 is 11.7 Å². The fraction of sp³-hybridized carbons (Fsp3) is 0.500. The number of nitrogens with zero attached hydrogens (tertiary/aromatic N) is 1. The maximum Gasteiger partial charge on any atom is 0.322 e. The van der Waals surface area contributed by atoms with Gasteiger partial charge in [0.25, 0.3) is 0 Å². The lowest BCUT2D eigenvalue weighted by atomic mass is 10.2. The fourth-order valence-electron chi connectivity index (χ4n) is 2.24. The number of aliphatic hydroxyl groups excluding tert-OH is 1. The van der Waals surface area contributed by atoms with Gasteiger partial charge in [-0.1, -0.05) is 12.1 Å². The van der Waals surface area contributed by atoms with Crippen LogP contribution in [0, 0.1) is 6.92 Å². The smallest absolute Gasteiger partial charge is 0.322 e. The van der Waals surface area contributed by atoms with E-state index in [-0.39, 0.29) is 24.8 Å². The molecule has 1 heterocycles. The lowest BCUT2D eigenvalue weighted by molar-refractivity contribution is -0.0822. The van der Waals surface area contributed by atoms with E-state index in [0.29, 0.717) is 13.1 Å². The van der Waals surface area contributed by atoms with Crippen LogP contribution in [-0.2, 0) is 4.74 Å². The van der Waals surface area contributed by atoms with Crippen molar-refractivity contribution in [2.45, 2.75) is 26.1 Å². The van der Waals surface area contributed by atoms with E-state index in [9.17, 15) is 4.79 Å². The minimum Gasteiger partial charge on any atom is -0.394 e. The molecule has 1 aliphatic rings. The van der Waals surface area contributed by atoms with Crippen molar-refractivity contribution in [2.75, 3.05) is 25.0 Å². The van der Waals surface area contributed by atoms with E-state index in [4.69, 9.17) is 9.84 Å². The van der Waals surface area contributed by atoms with Crippen molar-refractivity contribution in [2.24, 2.45) is 0 Å². The Morgan fingerprint density at radius 3 is 3.00 bits per heavy atom. The summed E-state index contributed by atoms with van der Waals surface area (Å²) in [6.07, 6.45) is -0.360. The molecule has 2 amide bonds. The number of ether oxygens (including phenoxy) is 1. The molecule has 1 aromatic carbocycles. The van der Waals surface area contributed by atoms with Gasteiger partial charge in [0.1, 0.15) is 0 Å². The van der Waals surface area contributed by atoms with Gasteiger partial charge in [0.05, 0.1) is 25.4 Å². The molecule has 0 spiro atoms. The SMILES string of the molecule is Cc1cccc(NC(=O)N2CC(C)OC(CO)C2)c1. The van der Waals surface area contributed by atoms with E-state index in [1.807, 2.05) is 38.1 Å². The number of aliphatic hydroxyl groups is 1. The minimum absolute atomic E-state index is 0.0610. The van der Waals surface area contributed by atoms with Gasteiger partial charge in [-0.2, -0.15) is 0 Å². The van der Waals surface area contributed by atoms with Crippen LogP contribution in [0.4, 0.5) is 10.5 Å². The molecule has 19 heavy (non-hydrogen) atoms. The number of morpholine rings is 1. The van der Waals surface area contributed by atoms with Gasteiger partial charge in [0.15, 0.2) is 0 Å². The molecule has 0 aliphatic carbocycles. The van der Waals surface area contributed by atoms with Crippen molar-refractivity contribution in [3.63, 3.8) is 0 Å². The molecule has 0 saturated carbocycles. The van der Waals surface area contributed by atoms with Gasteiger partial charge in [-0.3, -0.25) is 0 Å². The summed E-state index contributed by atoms with van der Waals surface area (Å²) in [5, 5.41) is 12.0. The highest BCUT2D eigenvalue weighted by molar-refractivity contribution is 5.89. The Balaban J connectivity index is 1.99. The number of carbonyl (C=O) groups excluding carboxylic acids is 1. The number of anilines is 1. The van der Waals surface area contributed by atoms with Crippen LogP contribution in [0.3, 0.4) is 0 Å². The van der Waals surface area contributed by atoms with Crippen molar-refractivity contribution < 1.29 is 14.6 Å². The lowest BCUT2D eigenvalue weighted by Gasteiger charge is -2.36. The molecule has 2 rings (SSSR count). The number of nitrogens with one attached hydrogen (secondary N) is 1. The number of carbonyl (C=O) groups is 1. The Morgan fingerprint density at radius 1 is 1.53 bits per heavy atom. The first-order valence-corrected chi connectivity index (χ1v) is 6.47. The molecule has 0 bridgehead atoms. The summed E-state index contributed by atoms with van der Waals surface area (Å²) in [5.74, 6) is 0. The predicted molar refractivity (Wildman–Crippen MR) is 73.2 cm³/mol. The van der Waals surface area contributed by atoms with Crippen LogP contribution in [-0.4, -0.2) is 47.9 Å². The molecule has 5 heteroatoms. The van der Waals surface area contributed by atoms with Gasteiger partial charge in [-0.05, 0) is 31.5 Å². The summed E-state index contributed by atoms with van der Waals surface area (Å²) in [4.78, 5) is 13.8. The number of hydrogen-bond acceptors (Lipinski definition) is 3. The first kappa shape index (κ1) is 13.8. The van der Waals surface area contributed by atoms with E-state index in [1.54, 1.807) is 4.90 Å². The summed E-state index contributed by atoms with van der Waals surface area (Å²) in [7, 11) is 0. The van der Waals surface area contributed by atoms with E-state index < -0.39 is 0 Å². The van der Waals surface area contributed by atoms with Crippen LogP contribution in [0.25, 0.3) is 0 Å². The molecule has 1 aliphatic heterocycles. The Hall–Kier alpha value is -1.59. The maximum absolute atomic E-state index is 12.2. The minimum atomic E-state index is -0.299. The van der Waals surface area contributed by atoms with Crippen LogP contribution >= 0.6 is 0 Å². The molecule has 2 atom stereocenters. The van der Waals surface area contributed by atoms with Crippen molar-refractivity contribution in [3.8, 4) is 0 Å². The summed E-state index contributed by atoms with van der Waals surface area (Å²) >= 11 is 0. The highest BCUT2D eigenvalue weighted by Gasteiger charge is 2.27. The third kappa shape index (κ3) is 3.68. The van der Waals surface area contributed by atoms with Crippen molar-refractivity contribution in [1.29, 1.82) is 0 Å². The molecular weight excluding hydrogens is 244 g/mol. The first-order chi connectivity index (χ1) is 9.08. The van der Waals surface area contributed by atoms with Gasteiger partial charge in [0, 0.05) is 12.2 Å². The second kappa shape index (κ2) is 6.04. The first-order valence-electron chi connectivity index (χ1n) is 6.47. The summed E-state index contributed by atoms with van der Waals surface area (Å²) in [6, 6.07) is 7.51. The number of benzene rings is 1. The second-order valence-corrected chi connectivity index (χ2v) is 4.96. The molecule has 0 radical (unpaired) electrons. The van der Waals surface area contributed by atoms with Crippen LogP contribution in [0.2, 0.25) is 0 Å². The van der Waals surface area contributed by atoms with E-state index in [0.717, 1.165) is 11.3 Å². The van der Waals surface area contributed by atoms with Gasteiger partial charge in [-0.25, -0.2) is 4.79 Å². The average molecular weight is 264 g/mol. The lowest BCUT2D eigenvalue weighted by Crippen LogP contribution is -2.51. The van der Waals surface area contributed by atoms with E-state index >= 15 is 0 Å². The zero-order valence-corrected chi connectivity index (χ0v) is 11.3. The highest BCUT2D eigenvalue weighted by Crippen LogP contribution is 2.14. The number of urea groups is 1. The van der Waals surface area contributed by atoms with Gasteiger partial charge >= 0.3 is 6.03 Å². The van der Waals surface area contributed by atoms with Crippen LogP contribution in [0.5, 0.6) is 0 Å². The summed E-state index contributed by atoms with van der Waals surface area (Å²) in [6.45, 7) is 4.76. The monoisotopic (exact) mass is 264 g/mol. The Bertz CT molecular complexity index is 450. The molecule has 1 saturated heterocycles. The molecular formula is C14H20N2O3. The van der Waals surface area contributed by atoms with Gasteiger partial charge < -0.3 is 20.1 Å². The summed E-state index contributed by atoms with van der Waals surface area (Å²) in [5.41, 5.74) is 1.88. The zero-order chi connectivity index (χ0) is 13.8. The second-order valence-electron chi connectivity index (χ2n) is 4.96. The zero-order valence-electron chi connectivity index (χ0n) is 11.3. The van der Waals surface area contributed by atoms with Gasteiger partial charge in [0.2, 0.25) is 0 Å². The highest BCUT2D eigenvalue weighted by atomic mass is 16.5. The van der Waals surface area contributed by atoms with Crippen LogP contribution in [0.15, 0.2) is 24.3 Å². The van der Waals surface area contributed by atoms with Crippen molar-refractivity contribution in [3.05, 3.63) is 29.8 Å². The predicted octanol–water partition coefficient (Wildman–Crippen LogP) is 1.61. The standard InChI is InChI=1S/C14H20N2O3/c1-10-4-3-5-12(6-10)15-14(18)16-7-11(2)19-13(8-16)9-17/h3-6,11,13,17H,7-9H2,1-2H3,(H,15,18). The Morgan fingerprint density at radius 2 is 2.32 bits per heavy atom. The number of hydrogen-bond donors (Lipinski definition) is 2. The molecule has 1 fully saturated rings. The number of rotatable bonds is 2. The van der Waals surface area contributed by atoms with Crippen molar-refractivity contribution in [1.82, 2.24) is 4.90 Å². The molecule has 0 aromatic heterocycles. The molecule has 2 N–H and O–H groups in total. The number of amides is 2. The van der Waals surface area contributed by atoms with E-state index in [2.05, 4.69) is 5.32 Å². The third-order valence-corrected chi connectivity index (χ3v) is 3.09. The molecule has 2 unspecified atom stereocenters. The topological polar surface area (TPSA) is 61.8 Å². The number of aryl methyl sites for hydroxylation is 1. The molecule has 1 aromatic rings. The van der Waals surface area contributed by atoms with Gasteiger partial charge in [-0.15, -0.1) is 0 Å². The maximum atomic E-state index is 12.2. The van der Waals surface area contributed by atoms with E-state index in [1.165, 1.54) is 0 Å². The van der Waals surface area contributed by atoms with Crippen LogP contribution < -0.4 is 5.32 Å². The fourth-order valence-corrected chi connectivity index (χ4v) is 2.24. The third-order valence-electron chi connectivity index (χ3n) is 3.09. The Labute approximate surface area is 113 Å². The van der Waals surface area contributed by atoms with Crippen LogP contribution in [0.1, 0.15) is 12.5 Å².